The Morgan fingerprint density at radius 1 is 0.706 bits per heavy atom. The zero-order chi connectivity index (χ0) is 23.9. The maximum Gasteiger partial charge on any atom is 0.328 e. The van der Waals surface area contributed by atoms with Crippen LogP contribution < -0.4 is 10.6 Å². The highest BCUT2D eigenvalue weighted by Crippen LogP contribution is 2.54. The molecule has 1 aliphatic heterocycles. The smallest absolute Gasteiger partial charge is 0.289 e. The first kappa shape index (κ1) is 21.3. The van der Waals surface area contributed by atoms with Gasteiger partial charge >= 0.3 is 6.03 Å². The van der Waals surface area contributed by atoms with Crippen molar-refractivity contribution in [1.29, 1.82) is 0 Å². The number of imide groups is 2. The molecule has 166 valence electrons. The van der Waals surface area contributed by atoms with E-state index in [-0.39, 0.29) is 16.9 Å². The van der Waals surface area contributed by atoms with Crippen LogP contribution in [-0.4, -0.2) is 23.6 Å². The lowest BCUT2D eigenvalue weighted by Gasteiger charge is -2.36. The lowest BCUT2D eigenvalue weighted by Crippen LogP contribution is -2.62. The topological polar surface area (TPSA) is 92.3 Å². The highest BCUT2D eigenvalue weighted by Gasteiger charge is 2.60. The van der Waals surface area contributed by atoms with Gasteiger partial charge < -0.3 is 0 Å². The molecule has 0 radical (unpaired) electrons. The van der Waals surface area contributed by atoms with Crippen molar-refractivity contribution in [3.8, 4) is 0 Å². The summed E-state index contributed by atoms with van der Waals surface area (Å²) in [6.45, 7) is 1.92. The minimum Gasteiger partial charge on any atom is -0.289 e. The quantitative estimate of drug-likeness (QED) is 0.465. The Kier molecular flexibility index (Phi) is 5.06. The van der Waals surface area contributed by atoms with Crippen molar-refractivity contribution < 1.29 is 19.2 Å². The number of hydrogen-bond acceptors (Lipinski definition) is 4. The first-order valence-electron chi connectivity index (χ1n) is 10.8. The largest absolute Gasteiger partial charge is 0.328 e. The monoisotopic (exact) mass is 448 g/mol. The lowest BCUT2D eigenvalue weighted by molar-refractivity contribution is -0.136. The van der Waals surface area contributed by atoms with Gasteiger partial charge in [0.15, 0.2) is 11.2 Å². The second-order valence-electron chi connectivity index (χ2n) is 8.26. The van der Waals surface area contributed by atoms with Gasteiger partial charge in [-0.05, 0) is 35.3 Å². The Hall–Kier alpha value is -4.58. The predicted molar refractivity (Wildman–Crippen MR) is 127 cm³/mol. The molecule has 3 aromatic rings. The zero-order valence-electron chi connectivity index (χ0n) is 18.3. The van der Waals surface area contributed by atoms with Crippen molar-refractivity contribution >= 4 is 34.8 Å². The molecule has 1 saturated heterocycles. The molecule has 0 aromatic heterocycles. The van der Waals surface area contributed by atoms with Crippen LogP contribution in [0.3, 0.4) is 0 Å². The first-order valence-corrected chi connectivity index (χ1v) is 10.8. The first-order chi connectivity index (χ1) is 16.4. The number of ketones is 1. The Labute approximate surface area is 196 Å². The second-order valence-corrected chi connectivity index (χ2v) is 8.26. The molecule has 6 heteroatoms. The summed E-state index contributed by atoms with van der Waals surface area (Å²) in [6, 6.07) is 24.0. The van der Waals surface area contributed by atoms with E-state index in [2.05, 4.69) is 10.6 Å². The van der Waals surface area contributed by atoms with Gasteiger partial charge in [0.2, 0.25) is 0 Å². The maximum atomic E-state index is 13.7. The third-order valence-electron chi connectivity index (χ3n) is 6.18. The Morgan fingerprint density at radius 3 is 1.85 bits per heavy atom. The van der Waals surface area contributed by atoms with E-state index in [0.717, 1.165) is 5.56 Å². The minimum atomic E-state index is -1.91. The number of aryl methyl sites for hydroxylation is 1. The molecule has 1 aliphatic carbocycles. The fraction of sp³-hybridized carbons (Fsp3) is 0.0714. The van der Waals surface area contributed by atoms with Crippen LogP contribution in [0.15, 0.2) is 96.6 Å². The fourth-order valence-electron chi connectivity index (χ4n) is 4.60. The maximum absolute atomic E-state index is 13.7. The number of rotatable bonds is 4. The van der Waals surface area contributed by atoms with Gasteiger partial charge in [0.1, 0.15) is 0 Å². The number of amides is 4. The van der Waals surface area contributed by atoms with Gasteiger partial charge in [-0.3, -0.25) is 25.0 Å². The van der Waals surface area contributed by atoms with Gasteiger partial charge in [-0.15, -0.1) is 0 Å². The zero-order valence-corrected chi connectivity index (χ0v) is 18.3. The lowest BCUT2D eigenvalue weighted by atomic mass is 9.69. The molecule has 2 aliphatic rings. The molecule has 5 rings (SSSR count). The van der Waals surface area contributed by atoms with E-state index in [1.807, 2.05) is 25.1 Å². The van der Waals surface area contributed by atoms with E-state index in [1.165, 1.54) is 0 Å². The van der Waals surface area contributed by atoms with Crippen LogP contribution in [0.1, 0.15) is 27.0 Å². The molecule has 1 heterocycles. The molecular weight excluding hydrogens is 428 g/mol. The van der Waals surface area contributed by atoms with E-state index in [4.69, 9.17) is 0 Å². The standard InChI is InChI=1S/C28H20N2O4/c1-17-12-14-19(15-13-17)23-21(24(31)20-10-6-3-7-11-20)16-22(18-8-4-2-5-9-18)28(23)25(32)29-27(34)30-26(28)33/h2-16H,1H3,(H2,29,30,32,33,34). The highest BCUT2D eigenvalue weighted by atomic mass is 16.2. The number of carbonyl (C=O) groups is 4. The van der Waals surface area contributed by atoms with Crippen molar-refractivity contribution in [3.05, 3.63) is 119 Å². The second kappa shape index (κ2) is 8.08. The van der Waals surface area contributed by atoms with Gasteiger partial charge in [0.25, 0.3) is 11.8 Å². The molecule has 0 bridgehead atoms. The summed E-state index contributed by atoms with van der Waals surface area (Å²) in [4.78, 5) is 53.0. The van der Waals surface area contributed by atoms with Crippen LogP contribution in [0.4, 0.5) is 4.79 Å². The molecule has 34 heavy (non-hydrogen) atoms. The van der Waals surface area contributed by atoms with Crippen LogP contribution in [0.5, 0.6) is 0 Å². The summed E-state index contributed by atoms with van der Waals surface area (Å²) in [7, 11) is 0. The van der Waals surface area contributed by atoms with Gasteiger partial charge in [-0.1, -0.05) is 90.5 Å². The SMILES string of the molecule is Cc1ccc(C2=C(C(=O)c3ccccc3)C=C(c3ccccc3)C23C(=O)NC(=O)NC3=O)cc1. The molecular formula is C28H20N2O4. The van der Waals surface area contributed by atoms with Crippen LogP contribution >= 0.6 is 0 Å². The molecule has 1 spiro atoms. The van der Waals surface area contributed by atoms with E-state index >= 15 is 0 Å². The molecule has 0 unspecified atom stereocenters. The molecule has 6 nitrogen and oxygen atoms in total. The summed E-state index contributed by atoms with van der Waals surface area (Å²) in [5.41, 5.74) is 1.47. The van der Waals surface area contributed by atoms with Gasteiger partial charge in [0, 0.05) is 11.1 Å². The third kappa shape index (κ3) is 3.19. The average Bonchev–Trinajstić information content (AvgIpc) is 3.21. The van der Waals surface area contributed by atoms with Crippen molar-refractivity contribution in [3.63, 3.8) is 0 Å². The van der Waals surface area contributed by atoms with Crippen LogP contribution in [0.2, 0.25) is 0 Å². The normalized spacial score (nSPS) is 16.9. The molecule has 0 atom stereocenters. The number of nitrogens with one attached hydrogen (secondary N) is 2. The summed E-state index contributed by atoms with van der Waals surface area (Å²) in [5.74, 6) is -1.90. The van der Waals surface area contributed by atoms with E-state index in [1.54, 1.807) is 72.8 Å². The molecule has 3 aromatic carbocycles. The molecule has 0 saturated carbocycles. The number of hydrogen-bond donors (Lipinski definition) is 2. The minimum absolute atomic E-state index is 0.230. The van der Waals surface area contributed by atoms with Gasteiger partial charge in [-0.2, -0.15) is 0 Å². The van der Waals surface area contributed by atoms with Gasteiger partial charge in [0.05, 0.1) is 0 Å². The number of barbiturate groups is 1. The van der Waals surface area contributed by atoms with Gasteiger partial charge in [-0.25, -0.2) is 4.79 Å². The van der Waals surface area contributed by atoms with E-state index in [9.17, 15) is 19.2 Å². The predicted octanol–water partition coefficient (Wildman–Crippen LogP) is 4.08. The number of allylic oxidation sites excluding steroid dienone is 2. The summed E-state index contributed by atoms with van der Waals surface area (Å²) < 4.78 is 0. The van der Waals surface area contributed by atoms with Crippen LogP contribution in [0, 0.1) is 12.3 Å². The highest BCUT2D eigenvalue weighted by molar-refractivity contribution is 6.37. The number of Topliss-reactive ketones (excluding diaryl/α,β-unsaturated/α-hetero) is 1. The number of carbonyl (C=O) groups excluding carboxylic acids is 4. The average molecular weight is 448 g/mol. The van der Waals surface area contributed by atoms with E-state index in [0.29, 0.717) is 22.3 Å². The van der Waals surface area contributed by atoms with Crippen molar-refractivity contribution in [2.75, 3.05) is 0 Å². The molecule has 1 fully saturated rings. The molecule has 2 N–H and O–H groups in total. The summed E-state index contributed by atoms with van der Waals surface area (Å²) >= 11 is 0. The van der Waals surface area contributed by atoms with Crippen molar-refractivity contribution in [2.24, 2.45) is 5.41 Å². The van der Waals surface area contributed by atoms with Crippen LogP contribution in [0.25, 0.3) is 11.1 Å². The Bertz CT molecular complexity index is 1380. The number of urea groups is 1. The Morgan fingerprint density at radius 2 is 1.26 bits per heavy atom. The number of benzene rings is 3. The summed E-state index contributed by atoms with van der Waals surface area (Å²) in [6.07, 6.45) is 1.61. The Balaban J connectivity index is 1.85. The third-order valence-corrected chi connectivity index (χ3v) is 6.18. The van der Waals surface area contributed by atoms with Crippen molar-refractivity contribution in [1.82, 2.24) is 10.6 Å². The summed E-state index contributed by atoms with van der Waals surface area (Å²) in [5, 5.41) is 4.51. The van der Waals surface area contributed by atoms with E-state index < -0.39 is 23.3 Å². The molecule has 4 amide bonds. The fourth-order valence-corrected chi connectivity index (χ4v) is 4.60. The van der Waals surface area contributed by atoms with Crippen molar-refractivity contribution in [2.45, 2.75) is 6.92 Å². The van der Waals surface area contributed by atoms with Crippen LogP contribution in [-0.2, 0) is 9.59 Å².